The van der Waals surface area contributed by atoms with Gasteiger partial charge in [0.05, 0.1) is 10.7 Å². The number of nitrogens with one attached hydrogen (secondary N) is 1. The zero-order valence-electron chi connectivity index (χ0n) is 8.28. The van der Waals surface area contributed by atoms with Crippen LogP contribution in [0.5, 0.6) is 0 Å². The van der Waals surface area contributed by atoms with Crippen LogP contribution in [0.1, 0.15) is 11.3 Å². The molecule has 0 atom stereocenters. The zero-order chi connectivity index (χ0) is 11.4. The molecule has 0 spiro atoms. The van der Waals surface area contributed by atoms with Gasteiger partial charge in [0.2, 0.25) is 0 Å². The van der Waals surface area contributed by atoms with Gasteiger partial charge in [0, 0.05) is 18.5 Å². The molecule has 0 fully saturated rings. The van der Waals surface area contributed by atoms with Crippen molar-refractivity contribution in [3.05, 3.63) is 45.7 Å². The maximum absolute atomic E-state index is 12.9. The molecule has 1 N–H and O–H groups in total. The Morgan fingerprint density at radius 1 is 1.38 bits per heavy atom. The molecule has 16 heavy (non-hydrogen) atoms. The molecule has 0 aliphatic heterocycles. The van der Waals surface area contributed by atoms with Crippen LogP contribution in [0.3, 0.4) is 0 Å². The second kappa shape index (κ2) is 5.34. The second-order valence-corrected chi connectivity index (χ2v) is 4.27. The van der Waals surface area contributed by atoms with Crippen molar-refractivity contribution in [1.82, 2.24) is 14.9 Å². The van der Waals surface area contributed by atoms with Crippen LogP contribution in [0.15, 0.2) is 23.6 Å². The van der Waals surface area contributed by atoms with Gasteiger partial charge in [-0.05, 0) is 29.2 Å². The SMILES string of the molecule is Fc1ccc(CNCc2csnn2)cc1Cl. The lowest BCUT2D eigenvalue weighted by Gasteiger charge is -2.03. The smallest absolute Gasteiger partial charge is 0.141 e. The van der Waals surface area contributed by atoms with Gasteiger partial charge >= 0.3 is 0 Å². The van der Waals surface area contributed by atoms with Crippen LogP contribution in [-0.2, 0) is 13.1 Å². The Morgan fingerprint density at radius 3 is 2.94 bits per heavy atom. The fraction of sp³-hybridized carbons (Fsp3) is 0.200. The van der Waals surface area contributed by atoms with E-state index in [4.69, 9.17) is 11.6 Å². The number of aromatic nitrogens is 2. The van der Waals surface area contributed by atoms with Crippen molar-refractivity contribution in [3.8, 4) is 0 Å². The first-order valence-corrected chi connectivity index (χ1v) is 5.88. The maximum atomic E-state index is 12.9. The molecule has 0 saturated carbocycles. The topological polar surface area (TPSA) is 37.8 Å². The van der Waals surface area contributed by atoms with E-state index in [1.165, 1.54) is 17.6 Å². The molecule has 6 heteroatoms. The first-order chi connectivity index (χ1) is 7.75. The Labute approximate surface area is 101 Å². The molecule has 2 rings (SSSR count). The predicted octanol–water partition coefficient (Wildman–Crippen LogP) is 2.62. The van der Waals surface area contributed by atoms with E-state index in [9.17, 15) is 4.39 Å². The summed E-state index contributed by atoms with van der Waals surface area (Å²) in [6, 6.07) is 4.68. The number of hydrogen-bond donors (Lipinski definition) is 1. The van der Waals surface area contributed by atoms with Crippen molar-refractivity contribution in [2.45, 2.75) is 13.1 Å². The minimum atomic E-state index is -0.394. The van der Waals surface area contributed by atoms with Gasteiger partial charge < -0.3 is 5.32 Å². The summed E-state index contributed by atoms with van der Waals surface area (Å²) in [4.78, 5) is 0. The highest BCUT2D eigenvalue weighted by molar-refractivity contribution is 7.03. The summed E-state index contributed by atoms with van der Waals surface area (Å²) in [7, 11) is 0. The monoisotopic (exact) mass is 257 g/mol. The highest BCUT2D eigenvalue weighted by Crippen LogP contribution is 2.15. The van der Waals surface area contributed by atoms with Gasteiger partial charge in [-0.2, -0.15) is 0 Å². The van der Waals surface area contributed by atoms with Gasteiger partial charge in [-0.1, -0.05) is 22.2 Å². The minimum absolute atomic E-state index is 0.148. The number of hydrogen-bond acceptors (Lipinski definition) is 4. The van der Waals surface area contributed by atoms with Crippen LogP contribution < -0.4 is 5.32 Å². The maximum Gasteiger partial charge on any atom is 0.141 e. The Morgan fingerprint density at radius 2 is 2.25 bits per heavy atom. The standard InChI is InChI=1S/C10H9ClFN3S/c11-9-3-7(1-2-10(9)12)4-13-5-8-6-16-15-14-8/h1-3,6,13H,4-5H2. The van der Waals surface area contributed by atoms with E-state index in [1.54, 1.807) is 12.1 Å². The van der Waals surface area contributed by atoms with Gasteiger partial charge in [0.25, 0.3) is 0 Å². The lowest BCUT2D eigenvalue weighted by molar-refractivity contribution is 0.624. The molecule has 0 amide bonds. The second-order valence-electron chi connectivity index (χ2n) is 3.25. The highest BCUT2D eigenvalue weighted by atomic mass is 35.5. The van der Waals surface area contributed by atoms with Crippen LogP contribution in [0, 0.1) is 5.82 Å². The highest BCUT2D eigenvalue weighted by Gasteiger charge is 2.01. The molecule has 84 valence electrons. The van der Waals surface area contributed by atoms with Crippen LogP contribution in [0.25, 0.3) is 0 Å². The lowest BCUT2D eigenvalue weighted by atomic mass is 10.2. The van der Waals surface area contributed by atoms with Gasteiger partial charge in [0.1, 0.15) is 5.82 Å². The molecule has 1 aromatic heterocycles. The average molecular weight is 258 g/mol. The quantitative estimate of drug-likeness (QED) is 0.915. The number of nitrogens with zero attached hydrogens (tertiary/aromatic N) is 2. The molecule has 0 bridgehead atoms. The third kappa shape index (κ3) is 2.98. The van der Waals surface area contributed by atoms with Crippen LogP contribution in [0.4, 0.5) is 4.39 Å². The van der Waals surface area contributed by atoms with Crippen molar-refractivity contribution >= 4 is 23.1 Å². The van der Waals surface area contributed by atoms with Gasteiger partial charge in [-0.15, -0.1) is 5.10 Å². The van der Waals surface area contributed by atoms with E-state index in [0.29, 0.717) is 13.1 Å². The summed E-state index contributed by atoms with van der Waals surface area (Å²) in [5.41, 5.74) is 1.84. The Bertz CT molecular complexity index is 461. The molecule has 2 aromatic rings. The van der Waals surface area contributed by atoms with Gasteiger partial charge in [-0.3, -0.25) is 0 Å². The largest absolute Gasteiger partial charge is 0.307 e. The average Bonchev–Trinajstić information content (AvgIpc) is 2.76. The van der Waals surface area contributed by atoms with E-state index >= 15 is 0 Å². The Hall–Kier alpha value is -1.04. The molecule has 0 aliphatic carbocycles. The van der Waals surface area contributed by atoms with E-state index in [1.807, 2.05) is 5.38 Å². The van der Waals surface area contributed by atoms with Crippen molar-refractivity contribution in [2.24, 2.45) is 0 Å². The molecule has 0 saturated heterocycles. The molecule has 0 unspecified atom stereocenters. The molecule has 0 radical (unpaired) electrons. The molecule has 1 aromatic carbocycles. The van der Waals surface area contributed by atoms with E-state index in [0.717, 1.165) is 11.3 Å². The van der Waals surface area contributed by atoms with Gasteiger partial charge in [0.15, 0.2) is 0 Å². The molecule has 3 nitrogen and oxygen atoms in total. The Balaban J connectivity index is 1.87. The Kier molecular flexibility index (Phi) is 3.82. The molecule has 1 heterocycles. The summed E-state index contributed by atoms with van der Waals surface area (Å²) >= 11 is 6.99. The van der Waals surface area contributed by atoms with Crippen molar-refractivity contribution < 1.29 is 4.39 Å². The summed E-state index contributed by atoms with van der Waals surface area (Å²) in [6.07, 6.45) is 0. The van der Waals surface area contributed by atoms with Crippen LogP contribution >= 0.6 is 23.1 Å². The third-order valence-corrected chi connectivity index (χ3v) is 2.87. The molecular formula is C10H9ClFN3S. The third-order valence-electron chi connectivity index (χ3n) is 2.02. The van der Waals surface area contributed by atoms with E-state index < -0.39 is 5.82 Å². The molecular weight excluding hydrogens is 249 g/mol. The van der Waals surface area contributed by atoms with Crippen molar-refractivity contribution in [1.29, 1.82) is 0 Å². The molecule has 0 aliphatic rings. The summed E-state index contributed by atoms with van der Waals surface area (Å²) in [5, 5.41) is 9.10. The van der Waals surface area contributed by atoms with Crippen LogP contribution in [-0.4, -0.2) is 9.59 Å². The normalized spacial score (nSPS) is 10.6. The summed E-state index contributed by atoms with van der Waals surface area (Å²) in [6.45, 7) is 1.27. The van der Waals surface area contributed by atoms with E-state index in [-0.39, 0.29) is 5.02 Å². The zero-order valence-corrected chi connectivity index (χ0v) is 9.85. The number of benzene rings is 1. The fourth-order valence-electron chi connectivity index (χ4n) is 1.25. The van der Waals surface area contributed by atoms with Gasteiger partial charge in [-0.25, -0.2) is 4.39 Å². The van der Waals surface area contributed by atoms with Crippen LogP contribution in [0.2, 0.25) is 5.02 Å². The fourth-order valence-corrected chi connectivity index (χ4v) is 1.90. The van der Waals surface area contributed by atoms with Crippen molar-refractivity contribution in [2.75, 3.05) is 0 Å². The van der Waals surface area contributed by atoms with Crippen molar-refractivity contribution in [3.63, 3.8) is 0 Å². The van der Waals surface area contributed by atoms with E-state index in [2.05, 4.69) is 14.9 Å². The first kappa shape index (κ1) is 11.4. The lowest BCUT2D eigenvalue weighted by Crippen LogP contribution is -2.12. The summed E-state index contributed by atoms with van der Waals surface area (Å²) < 4.78 is 16.6. The summed E-state index contributed by atoms with van der Waals surface area (Å²) in [5.74, 6) is -0.394. The number of halogens is 2. The minimum Gasteiger partial charge on any atom is -0.307 e. The number of rotatable bonds is 4. The predicted molar refractivity (Wildman–Crippen MR) is 61.9 cm³/mol. The first-order valence-electron chi connectivity index (χ1n) is 4.66.